The van der Waals surface area contributed by atoms with Gasteiger partial charge in [-0.3, -0.25) is 34.5 Å². The summed E-state index contributed by atoms with van der Waals surface area (Å²) in [6, 6.07) is 52.5. The number of hydrogen-bond donors (Lipinski definition) is 6. The number of nitrogens with zero attached hydrogens (tertiary/aromatic N) is 9. The number of hydrogen-bond acceptors (Lipinski definition) is 11. The average molecular weight is 1540 g/mol. The standard InChI is InChI=1S/C31H28F3N5O3.C28H32FN5O3S.C24H20FN5O2/c32-31(33,34)23-12-10-22(11-13-23)27-24(28(40)39(37-27)29-35-25-8-4-5-9-26(25)36-29)18-20-14-16-38(17-15-20)30(41)42-19-21-6-2-1-3-7-21;29-21-12-9-19(10-13-21)11-14-23-26(20-15-17-33(18-16-20)38(36,37)22-5-1-2-6-22)32-34(27(23)35)28-30-24-7-3-4-8-25(24)31-28;1-29-14-16(9-13-21(29)31)22-18(12-8-15-6-10-17(25)11-7-15)23(32)30(28-22)24-26-19-4-2-3-5-20(19)27-24/h1-13,20,37H,14-19H2,(H,35,36);3-4,7-10,12-13,20,22,32H,1-2,5-6,11,14-18H2,(H,30,31);2-7,9-11,13-14,28H,8,12H2,1H3,(H,26,27). The summed E-state index contributed by atoms with van der Waals surface area (Å²) in [4.78, 5) is 90.2. The van der Waals surface area contributed by atoms with Crippen LogP contribution in [0.15, 0.2) is 213 Å². The summed E-state index contributed by atoms with van der Waals surface area (Å²) in [5.74, 6) is 0.630. The van der Waals surface area contributed by atoms with E-state index in [-0.39, 0.29) is 69.6 Å². The topological polar surface area (TPSA) is 288 Å². The van der Waals surface area contributed by atoms with Gasteiger partial charge in [-0.05, 0) is 178 Å². The van der Waals surface area contributed by atoms with Gasteiger partial charge in [0.05, 0.1) is 55.3 Å². The molecule has 2 saturated heterocycles. The summed E-state index contributed by atoms with van der Waals surface area (Å²) in [6.45, 7) is 2.07. The second kappa shape index (κ2) is 32.4. The monoisotopic (exact) mass is 1540 g/mol. The number of H-pyrrole nitrogens is 6. The number of likely N-dealkylation sites (tertiary alicyclic amines) is 1. The van der Waals surface area contributed by atoms with Gasteiger partial charge in [0.1, 0.15) is 18.2 Å². The van der Waals surface area contributed by atoms with Gasteiger partial charge >= 0.3 is 12.3 Å². The Hall–Kier alpha value is -12.2. The summed E-state index contributed by atoms with van der Waals surface area (Å²) in [5, 5.41) is 9.35. The van der Waals surface area contributed by atoms with Gasteiger partial charge in [0.25, 0.3) is 16.7 Å². The SMILES string of the molecule is Cn1cc(-c2[nH]n(-c3nc4ccccc4[nH]3)c(=O)c2CCc2ccc(F)cc2)ccc1=O.O=C(OCc1ccccc1)N1CCC(Cc2c(-c3ccc(C(F)(F)F)cc3)[nH]n(-c3nc4ccccc4[nH]3)c2=O)CC1.O=c1c(CCc2ccc(F)cc2)c(C2CCN(S(=O)(=O)C3CCCC3)CC2)[nH]n1-c1nc2ccccc2[nH]1. The lowest BCUT2D eigenvalue weighted by atomic mass is 9.89. The van der Waals surface area contributed by atoms with Crippen LogP contribution in [0.5, 0.6) is 0 Å². The number of pyridine rings is 1. The van der Waals surface area contributed by atoms with Gasteiger partial charge in [-0.25, -0.2) is 41.3 Å². The van der Waals surface area contributed by atoms with Crippen molar-refractivity contribution in [3.63, 3.8) is 0 Å². The molecule has 0 radical (unpaired) electrons. The number of aryl methyl sites for hydroxylation is 3. The molecular formula is C83H80F5N15O8S. The van der Waals surface area contributed by atoms with Gasteiger partial charge in [0, 0.05) is 79.4 Å². The Labute approximate surface area is 637 Å². The van der Waals surface area contributed by atoms with Crippen LogP contribution in [-0.4, -0.2) is 119 Å². The van der Waals surface area contributed by atoms with Crippen LogP contribution in [-0.2, 0) is 66.7 Å². The smallest absolute Gasteiger partial charge is 0.416 e. The summed E-state index contributed by atoms with van der Waals surface area (Å²) < 4.78 is 105. The number of aromatic nitrogens is 13. The van der Waals surface area contributed by atoms with E-state index in [0.29, 0.717) is 141 Å². The van der Waals surface area contributed by atoms with Crippen LogP contribution in [0, 0.1) is 17.6 Å². The van der Waals surface area contributed by atoms with Gasteiger partial charge in [0.15, 0.2) is 0 Å². The average Bonchev–Trinajstić information content (AvgIpc) is 1.62. The Morgan fingerprint density at radius 1 is 0.500 bits per heavy atom. The summed E-state index contributed by atoms with van der Waals surface area (Å²) in [6.07, 6.45) is 5.40. The van der Waals surface area contributed by atoms with E-state index in [0.717, 1.165) is 87.8 Å². The first kappa shape index (κ1) is 75.2. The Kier molecular flexibility index (Phi) is 21.7. The predicted molar refractivity (Wildman–Crippen MR) is 416 cm³/mol. The van der Waals surface area contributed by atoms with Crippen molar-refractivity contribution in [3.05, 3.63) is 292 Å². The number of fused-ring (bicyclic) bond motifs is 3. The van der Waals surface area contributed by atoms with Gasteiger partial charge in [-0.2, -0.15) is 27.2 Å². The van der Waals surface area contributed by atoms with Gasteiger partial charge < -0.3 is 29.2 Å². The van der Waals surface area contributed by atoms with Crippen molar-refractivity contribution in [2.75, 3.05) is 26.2 Å². The van der Waals surface area contributed by atoms with Crippen LogP contribution in [0.25, 0.3) is 73.5 Å². The molecule has 6 N–H and O–H groups in total. The van der Waals surface area contributed by atoms with Crippen LogP contribution in [0.1, 0.15) is 102 Å². The maximum atomic E-state index is 13.7. The van der Waals surface area contributed by atoms with E-state index in [9.17, 15) is 54.3 Å². The molecule has 1 aliphatic carbocycles. The minimum atomic E-state index is -4.47. The van der Waals surface area contributed by atoms with E-state index in [1.54, 1.807) is 52.8 Å². The Morgan fingerprint density at radius 3 is 1.47 bits per heavy atom. The highest BCUT2D eigenvalue weighted by Gasteiger charge is 2.38. The first-order valence-corrected chi connectivity index (χ1v) is 38.8. The van der Waals surface area contributed by atoms with E-state index in [1.165, 1.54) is 61.1 Å². The van der Waals surface area contributed by atoms with Crippen molar-refractivity contribution in [1.82, 2.24) is 73.0 Å². The van der Waals surface area contributed by atoms with Gasteiger partial charge in [-0.1, -0.05) is 116 Å². The van der Waals surface area contributed by atoms with Crippen molar-refractivity contribution < 1.29 is 39.9 Å². The van der Waals surface area contributed by atoms with Crippen molar-refractivity contribution in [2.45, 2.75) is 107 Å². The number of imidazole rings is 3. The zero-order chi connectivity index (χ0) is 77.8. The van der Waals surface area contributed by atoms with Crippen LogP contribution < -0.4 is 22.2 Å². The molecule has 17 rings (SSSR count). The molecule has 0 unspecified atom stereocenters. The van der Waals surface area contributed by atoms with Crippen molar-refractivity contribution in [3.8, 4) is 40.4 Å². The zero-order valence-electron chi connectivity index (χ0n) is 61.0. The summed E-state index contributed by atoms with van der Waals surface area (Å²) in [5.41, 5.74) is 10.5. The fourth-order valence-electron chi connectivity index (χ4n) is 15.1. The molecule has 3 aliphatic rings. The predicted octanol–water partition coefficient (Wildman–Crippen LogP) is 14.1. The number of sulfonamides is 1. The number of amides is 1. The number of carbonyl (C=O) groups is 1. The van der Waals surface area contributed by atoms with E-state index in [1.807, 2.05) is 103 Å². The fourth-order valence-corrected chi connectivity index (χ4v) is 17.2. The molecule has 576 valence electrons. The molecule has 23 nitrogen and oxygen atoms in total. The van der Waals surface area contributed by atoms with Crippen LogP contribution in [0.4, 0.5) is 26.7 Å². The molecule has 7 aromatic carbocycles. The number of aromatic amines is 6. The van der Waals surface area contributed by atoms with E-state index < -0.39 is 21.8 Å². The number of piperidine rings is 2. The number of alkyl halides is 3. The zero-order valence-corrected chi connectivity index (χ0v) is 61.8. The number of ether oxygens (including phenoxy) is 1. The quantitative estimate of drug-likeness (QED) is 0.0439. The maximum absolute atomic E-state index is 13.7. The first-order chi connectivity index (χ1) is 54.1. The van der Waals surface area contributed by atoms with E-state index in [4.69, 9.17) is 4.74 Å². The van der Waals surface area contributed by atoms with Gasteiger partial charge in [-0.15, -0.1) is 0 Å². The molecule has 7 aromatic heterocycles. The van der Waals surface area contributed by atoms with Crippen LogP contribution >= 0.6 is 0 Å². The molecule has 1 amide bonds. The molecule has 112 heavy (non-hydrogen) atoms. The molecule has 2 aliphatic heterocycles. The second-order valence-electron chi connectivity index (χ2n) is 28.6. The number of rotatable bonds is 18. The Morgan fingerprint density at radius 2 is 0.964 bits per heavy atom. The molecule has 0 spiro atoms. The Balaban J connectivity index is 0.000000134. The molecule has 14 aromatic rings. The highest BCUT2D eigenvalue weighted by atomic mass is 32.2. The molecular weight excluding hydrogens is 1460 g/mol. The second-order valence-corrected chi connectivity index (χ2v) is 30.8. The molecule has 0 bridgehead atoms. The maximum Gasteiger partial charge on any atom is 0.416 e. The lowest BCUT2D eigenvalue weighted by molar-refractivity contribution is -0.137. The number of para-hydroxylation sites is 6. The van der Waals surface area contributed by atoms with E-state index in [2.05, 4.69) is 45.2 Å². The fraction of sp³-hybridized carbons (Fsp3) is 0.277. The molecule has 1 saturated carbocycles. The third kappa shape index (κ3) is 16.5. The summed E-state index contributed by atoms with van der Waals surface area (Å²) >= 11 is 0. The molecule has 9 heterocycles. The highest BCUT2D eigenvalue weighted by molar-refractivity contribution is 7.89. The van der Waals surface area contributed by atoms with Gasteiger partial charge in [0.2, 0.25) is 33.4 Å². The third-order valence-corrected chi connectivity index (χ3v) is 23.7. The number of carbonyl (C=O) groups excluding carboxylic acids is 1. The van der Waals surface area contributed by atoms with Crippen LogP contribution in [0.3, 0.4) is 0 Å². The molecule has 0 atom stereocenters. The Bertz CT molecular complexity index is 5950. The van der Waals surface area contributed by atoms with Crippen molar-refractivity contribution in [2.24, 2.45) is 13.0 Å². The summed E-state index contributed by atoms with van der Waals surface area (Å²) in [7, 11) is -1.61. The number of benzene rings is 7. The van der Waals surface area contributed by atoms with E-state index >= 15 is 0 Å². The van der Waals surface area contributed by atoms with Crippen molar-refractivity contribution >= 4 is 49.2 Å². The largest absolute Gasteiger partial charge is 0.445 e. The lowest BCUT2D eigenvalue weighted by Gasteiger charge is -2.33. The van der Waals surface area contributed by atoms with Crippen molar-refractivity contribution in [1.29, 1.82) is 0 Å². The molecule has 3 fully saturated rings. The third-order valence-electron chi connectivity index (χ3n) is 21.3. The first-order valence-electron chi connectivity index (χ1n) is 37.3. The normalized spacial score (nSPS) is 14.8. The molecule has 29 heteroatoms. The minimum Gasteiger partial charge on any atom is -0.445 e. The lowest BCUT2D eigenvalue weighted by Crippen LogP contribution is -2.42. The highest BCUT2D eigenvalue weighted by Crippen LogP contribution is 2.36. The van der Waals surface area contributed by atoms with Crippen LogP contribution in [0.2, 0.25) is 0 Å². The number of halogens is 5. The minimum absolute atomic E-state index is 0.0339. The number of nitrogens with one attached hydrogen (secondary N) is 6.